The Bertz CT molecular complexity index is 1260. The summed E-state index contributed by atoms with van der Waals surface area (Å²) in [6.45, 7) is 4.23. The largest absolute Gasteiger partial charge is 0.479 e. The van der Waals surface area contributed by atoms with Gasteiger partial charge in [0.2, 0.25) is 27.7 Å². The first-order chi connectivity index (χ1) is 16.8. The summed E-state index contributed by atoms with van der Waals surface area (Å²) in [5, 5.41) is 7.86. The van der Waals surface area contributed by atoms with Crippen molar-refractivity contribution in [2.75, 3.05) is 32.2 Å². The van der Waals surface area contributed by atoms with Crippen molar-refractivity contribution < 1.29 is 22.6 Å². The lowest BCUT2D eigenvalue weighted by molar-refractivity contribution is 0.193. The van der Waals surface area contributed by atoms with Gasteiger partial charge in [-0.15, -0.1) is 10.2 Å². The second kappa shape index (κ2) is 10.3. The van der Waals surface area contributed by atoms with E-state index in [0.717, 1.165) is 0 Å². The molecule has 4 rings (SSSR count). The number of halogens is 1. The molecular weight excluding hydrogens is 500 g/mol. The lowest BCUT2D eigenvalue weighted by atomic mass is 10.1. The van der Waals surface area contributed by atoms with Crippen molar-refractivity contribution in [2.45, 2.75) is 37.4 Å². The highest BCUT2D eigenvalue weighted by Crippen LogP contribution is 2.36. The summed E-state index contributed by atoms with van der Waals surface area (Å²) < 4.78 is 47.3. The standard InChI is InChI=1S/C20H25ClN8O5S/c1-11(16-22-7-14(21)8-23-16)12(2)35(30,31)28-20-27-26-17(13-5-6-34-9-13)29(20)15-18(32-3)24-10-25-19(15)33-4/h7-8,10-13H,5-6,9H2,1-4H3,(H,27,28)/t11-,12-,13+/m0/s1. The van der Waals surface area contributed by atoms with Gasteiger partial charge in [0.05, 0.1) is 31.1 Å². The number of methoxy groups -OCH3 is 2. The van der Waals surface area contributed by atoms with Crippen molar-refractivity contribution in [1.82, 2.24) is 34.7 Å². The summed E-state index contributed by atoms with van der Waals surface area (Å²) in [6, 6.07) is 0. The molecular formula is C20H25ClN8O5S. The fourth-order valence-electron chi connectivity index (χ4n) is 3.68. The molecule has 0 amide bonds. The second-order valence-electron chi connectivity index (χ2n) is 7.92. The number of nitrogens with one attached hydrogen (secondary N) is 1. The third kappa shape index (κ3) is 4.99. The minimum atomic E-state index is -3.99. The van der Waals surface area contributed by atoms with Crippen LogP contribution in [0.15, 0.2) is 18.7 Å². The van der Waals surface area contributed by atoms with Gasteiger partial charge in [0.15, 0.2) is 5.69 Å². The van der Waals surface area contributed by atoms with Gasteiger partial charge in [0.25, 0.3) is 0 Å². The van der Waals surface area contributed by atoms with Crippen molar-refractivity contribution in [3.8, 4) is 17.4 Å². The predicted octanol–water partition coefficient (Wildman–Crippen LogP) is 1.96. The summed E-state index contributed by atoms with van der Waals surface area (Å²) in [7, 11) is -1.11. The molecule has 13 nitrogen and oxygen atoms in total. The van der Waals surface area contributed by atoms with Crippen LogP contribution in [-0.4, -0.2) is 75.8 Å². The van der Waals surface area contributed by atoms with Crippen LogP contribution in [0.3, 0.4) is 0 Å². The van der Waals surface area contributed by atoms with Crippen LogP contribution < -0.4 is 14.2 Å². The number of aromatic nitrogens is 7. The monoisotopic (exact) mass is 524 g/mol. The first kappa shape index (κ1) is 25.0. The quantitative estimate of drug-likeness (QED) is 0.436. The van der Waals surface area contributed by atoms with Crippen molar-refractivity contribution >= 4 is 27.6 Å². The molecule has 1 aliphatic heterocycles. The van der Waals surface area contributed by atoms with Crippen LogP contribution in [0.2, 0.25) is 5.02 Å². The fraction of sp³-hybridized carbons (Fsp3) is 0.500. The van der Waals surface area contributed by atoms with Crippen LogP contribution in [0.5, 0.6) is 11.8 Å². The van der Waals surface area contributed by atoms with E-state index in [4.69, 9.17) is 25.8 Å². The SMILES string of the molecule is COc1ncnc(OC)c1-n1c(NS(=O)(=O)[C@@H](C)[C@H](C)c2ncc(Cl)cn2)nnc1[C@@H]1CCOC1. The van der Waals surface area contributed by atoms with Crippen molar-refractivity contribution in [2.24, 2.45) is 0 Å². The van der Waals surface area contributed by atoms with E-state index in [1.807, 2.05) is 0 Å². The topological polar surface area (TPSA) is 156 Å². The van der Waals surface area contributed by atoms with E-state index in [-0.39, 0.29) is 29.3 Å². The Morgan fingerprint density at radius 2 is 1.77 bits per heavy atom. The average Bonchev–Trinajstić information content (AvgIpc) is 3.52. The molecule has 0 saturated carbocycles. The van der Waals surface area contributed by atoms with Crippen LogP contribution >= 0.6 is 11.6 Å². The summed E-state index contributed by atoms with van der Waals surface area (Å²) in [5.41, 5.74) is 0.267. The number of sulfonamides is 1. The van der Waals surface area contributed by atoms with Crippen LogP contribution in [0.4, 0.5) is 5.95 Å². The second-order valence-corrected chi connectivity index (χ2v) is 10.4. The van der Waals surface area contributed by atoms with Crippen molar-refractivity contribution in [3.63, 3.8) is 0 Å². The Balaban J connectivity index is 1.76. The summed E-state index contributed by atoms with van der Waals surface area (Å²) in [4.78, 5) is 16.6. The van der Waals surface area contributed by atoms with Crippen LogP contribution in [-0.2, 0) is 14.8 Å². The zero-order valence-corrected chi connectivity index (χ0v) is 21.1. The van der Waals surface area contributed by atoms with Crippen molar-refractivity contribution in [3.05, 3.63) is 35.4 Å². The lowest BCUT2D eigenvalue weighted by Crippen LogP contribution is -2.31. The lowest BCUT2D eigenvalue weighted by Gasteiger charge is -2.21. The molecule has 3 aromatic heterocycles. The molecule has 0 bridgehead atoms. The molecule has 4 heterocycles. The van der Waals surface area contributed by atoms with Crippen LogP contribution in [0.1, 0.15) is 43.8 Å². The maximum atomic E-state index is 13.4. The molecule has 0 radical (unpaired) electrons. The van der Waals surface area contributed by atoms with E-state index >= 15 is 0 Å². The molecule has 1 fully saturated rings. The highest BCUT2D eigenvalue weighted by molar-refractivity contribution is 7.93. The molecule has 0 aliphatic carbocycles. The van der Waals surface area contributed by atoms with Crippen LogP contribution in [0, 0.1) is 0 Å². The number of anilines is 1. The number of nitrogens with zero attached hydrogens (tertiary/aromatic N) is 7. The summed E-state index contributed by atoms with van der Waals surface area (Å²) >= 11 is 5.86. The molecule has 1 saturated heterocycles. The predicted molar refractivity (Wildman–Crippen MR) is 126 cm³/mol. The Morgan fingerprint density at radius 3 is 2.34 bits per heavy atom. The van der Waals surface area contributed by atoms with E-state index in [0.29, 0.717) is 36.3 Å². The molecule has 15 heteroatoms. The Morgan fingerprint density at radius 1 is 1.11 bits per heavy atom. The molecule has 3 atom stereocenters. The first-order valence-electron chi connectivity index (χ1n) is 10.7. The van der Waals surface area contributed by atoms with Gasteiger partial charge in [-0.1, -0.05) is 18.5 Å². The molecule has 0 aromatic carbocycles. The first-order valence-corrected chi connectivity index (χ1v) is 12.6. The number of rotatable bonds is 9. The normalized spacial score (nSPS) is 17.7. The molecule has 1 N–H and O–H groups in total. The molecule has 3 aromatic rings. The Kier molecular flexibility index (Phi) is 7.33. The highest BCUT2D eigenvalue weighted by Gasteiger charge is 2.34. The molecule has 35 heavy (non-hydrogen) atoms. The number of hydrogen-bond donors (Lipinski definition) is 1. The summed E-state index contributed by atoms with van der Waals surface area (Å²) in [5.74, 6) is 0.392. The highest BCUT2D eigenvalue weighted by atomic mass is 35.5. The average molecular weight is 525 g/mol. The zero-order chi connectivity index (χ0) is 25.2. The maximum absolute atomic E-state index is 13.4. The van der Waals surface area contributed by atoms with Gasteiger partial charge in [-0.3, -0.25) is 9.29 Å². The van der Waals surface area contributed by atoms with E-state index in [1.54, 1.807) is 13.8 Å². The number of hydrogen-bond acceptors (Lipinski definition) is 11. The fourth-order valence-corrected chi connectivity index (χ4v) is 5.01. The van der Waals surface area contributed by atoms with Gasteiger partial charge >= 0.3 is 0 Å². The van der Waals surface area contributed by atoms with Gasteiger partial charge in [-0.2, -0.15) is 9.97 Å². The van der Waals surface area contributed by atoms with E-state index in [9.17, 15) is 8.42 Å². The zero-order valence-electron chi connectivity index (χ0n) is 19.5. The minimum absolute atomic E-state index is 0.0608. The van der Waals surface area contributed by atoms with E-state index < -0.39 is 21.2 Å². The maximum Gasteiger partial charge on any atom is 0.245 e. The molecule has 0 unspecified atom stereocenters. The van der Waals surface area contributed by atoms with E-state index in [2.05, 4.69) is 34.9 Å². The molecule has 0 spiro atoms. The van der Waals surface area contributed by atoms with Gasteiger partial charge in [0, 0.05) is 30.8 Å². The van der Waals surface area contributed by atoms with Gasteiger partial charge in [-0.25, -0.2) is 18.4 Å². The van der Waals surface area contributed by atoms with E-state index in [1.165, 1.54) is 37.5 Å². The molecule has 1 aliphatic rings. The Hall–Kier alpha value is -3.10. The Labute approximate surface area is 207 Å². The number of ether oxygens (including phenoxy) is 3. The minimum Gasteiger partial charge on any atom is -0.479 e. The van der Waals surface area contributed by atoms with Crippen molar-refractivity contribution in [1.29, 1.82) is 0 Å². The third-order valence-corrected chi connectivity index (χ3v) is 7.87. The van der Waals surface area contributed by atoms with Crippen LogP contribution in [0.25, 0.3) is 5.69 Å². The summed E-state index contributed by atoms with van der Waals surface area (Å²) in [6.07, 6.45) is 4.82. The molecule has 188 valence electrons. The van der Waals surface area contributed by atoms with Gasteiger partial charge < -0.3 is 14.2 Å². The third-order valence-electron chi connectivity index (χ3n) is 5.82. The van der Waals surface area contributed by atoms with Gasteiger partial charge in [-0.05, 0) is 13.3 Å². The van der Waals surface area contributed by atoms with Gasteiger partial charge in [0.1, 0.15) is 18.0 Å². The smallest absolute Gasteiger partial charge is 0.245 e.